The molecule has 0 aromatic heterocycles. The highest BCUT2D eigenvalue weighted by Gasteiger charge is 2.45. The summed E-state index contributed by atoms with van der Waals surface area (Å²) < 4.78 is 16.8. The zero-order chi connectivity index (χ0) is 15.6. The highest BCUT2D eigenvalue weighted by atomic mass is 31.2. The van der Waals surface area contributed by atoms with Crippen molar-refractivity contribution in [2.75, 3.05) is 6.61 Å². The Kier molecular flexibility index (Phi) is 9.36. The number of carbonyl (C=O) groups excluding carboxylic acids is 1. The normalized spacial score (nSPS) is 12.4. The molecule has 6 heteroatoms. The summed E-state index contributed by atoms with van der Waals surface area (Å²) >= 11 is 0. The molecule has 120 valence electrons. The van der Waals surface area contributed by atoms with Crippen molar-refractivity contribution in [3.8, 4) is 0 Å². The highest BCUT2D eigenvalue weighted by molar-refractivity contribution is 7.53. The fourth-order valence-corrected chi connectivity index (χ4v) is 3.69. The van der Waals surface area contributed by atoms with Crippen LogP contribution in [0.15, 0.2) is 0 Å². The summed E-state index contributed by atoms with van der Waals surface area (Å²) in [5.74, 6) is -0.377. The topological polar surface area (TPSA) is 83.8 Å². The average Bonchev–Trinajstić information content (AvgIpc) is 2.37. The maximum absolute atomic E-state index is 12.0. The zero-order valence-electron chi connectivity index (χ0n) is 12.9. The Hall–Kier alpha value is -0.380. The molecule has 0 atom stereocenters. The van der Waals surface area contributed by atoms with Gasteiger partial charge in [0.2, 0.25) is 0 Å². The van der Waals surface area contributed by atoms with Gasteiger partial charge in [0, 0.05) is 6.42 Å². The Labute approximate surface area is 122 Å². The predicted molar refractivity (Wildman–Crippen MR) is 79.7 cm³/mol. The van der Waals surface area contributed by atoms with E-state index in [9.17, 15) is 19.1 Å². The van der Waals surface area contributed by atoms with Gasteiger partial charge < -0.3 is 14.5 Å². The van der Waals surface area contributed by atoms with Gasteiger partial charge in [-0.25, -0.2) is 0 Å². The van der Waals surface area contributed by atoms with Crippen molar-refractivity contribution in [3.05, 3.63) is 0 Å². The Morgan fingerprint density at radius 1 is 1.05 bits per heavy atom. The fraction of sp³-hybridized carbons (Fsp3) is 0.929. The maximum Gasteiger partial charge on any atom is 0.331 e. The minimum Gasteiger partial charge on any atom is -0.466 e. The third-order valence-electron chi connectivity index (χ3n) is 3.71. The SMILES string of the molecule is CCCCC(CCCC)(CCC(=O)OCC)P(=O)(O)O. The minimum atomic E-state index is -4.25. The summed E-state index contributed by atoms with van der Waals surface area (Å²) in [6.07, 6.45) is 4.50. The molecule has 0 aromatic rings. The smallest absolute Gasteiger partial charge is 0.331 e. The van der Waals surface area contributed by atoms with E-state index in [4.69, 9.17) is 4.74 Å². The molecule has 0 saturated heterocycles. The molecule has 2 N–H and O–H groups in total. The van der Waals surface area contributed by atoms with Crippen molar-refractivity contribution in [2.24, 2.45) is 0 Å². The van der Waals surface area contributed by atoms with Crippen LogP contribution in [0, 0.1) is 0 Å². The number of hydrogen-bond donors (Lipinski definition) is 2. The van der Waals surface area contributed by atoms with Crippen LogP contribution in [0.1, 0.15) is 72.1 Å². The minimum absolute atomic E-state index is 0.0758. The summed E-state index contributed by atoms with van der Waals surface area (Å²) in [4.78, 5) is 31.1. The molecule has 0 saturated carbocycles. The Balaban J connectivity index is 4.96. The average molecular weight is 308 g/mol. The number of unbranched alkanes of at least 4 members (excludes halogenated alkanes) is 2. The van der Waals surface area contributed by atoms with E-state index in [1.165, 1.54) is 0 Å². The standard InChI is InChI=1S/C14H29O5P/c1-4-7-10-14(11-8-5-2,20(16,17)18)12-9-13(15)19-6-3/h4-12H2,1-3H3,(H2,16,17,18). The molecule has 0 aliphatic rings. The first-order chi connectivity index (χ1) is 9.33. The maximum atomic E-state index is 12.0. The first-order valence-corrected chi connectivity index (χ1v) is 9.15. The van der Waals surface area contributed by atoms with Crippen molar-refractivity contribution in [1.29, 1.82) is 0 Å². The number of hydrogen-bond acceptors (Lipinski definition) is 3. The summed E-state index contributed by atoms with van der Waals surface area (Å²) in [6.45, 7) is 6.01. The molecule has 0 heterocycles. The number of carbonyl (C=O) groups is 1. The quantitative estimate of drug-likeness (QED) is 0.450. The van der Waals surface area contributed by atoms with Crippen LogP contribution >= 0.6 is 7.60 Å². The van der Waals surface area contributed by atoms with Crippen molar-refractivity contribution in [3.63, 3.8) is 0 Å². The third kappa shape index (κ3) is 6.38. The van der Waals surface area contributed by atoms with Gasteiger partial charge in [-0.15, -0.1) is 0 Å². The van der Waals surface area contributed by atoms with Gasteiger partial charge in [-0.1, -0.05) is 39.5 Å². The van der Waals surface area contributed by atoms with E-state index in [0.29, 0.717) is 19.4 Å². The first-order valence-electron chi connectivity index (χ1n) is 7.54. The molecule has 0 aliphatic heterocycles. The van der Waals surface area contributed by atoms with Gasteiger partial charge >= 0.3 is 13.6 Å². The Morgan fingerprint density at radius 3 is 1.90 bits per heavy atom. The van der Waals surface area contributed by atoms with Crippen LogP contribution in [0.4, 0.5) is 0 Å². The second kappa shape index (κ2) is 9.54. The summed E-state index contributed by atoms with van der Waals surface area (Å²) in [6, 6.07) is 0. The van der Waals surface area contributed by atoms with Crippen LogP contribution in [-0.4, -0.2) is 27.5 Å². The first kappa shape index (κ1) is 19.6. The monoisotopic (exact) mass is 308 g/mol. The van der Waals surface area contributed by atoms with E-state index in [-0.39, 0.29) is 18.8 Å². The van der Waals surface area contributed by atoms with Crippen LogP contribution in [-0.2, 0) is 14.1 Å². The molecule has 0 bridgehead atoms. The van der Waals surface area contributed by atoms with E-state index in [1.807, 2.05) is 13.8 Å². The largest absolute Gasteiger partial charge is 0.466 e. The Bertz CT molecular complexity index is 316. The van der Waals surface area contributed by atoms with Crippen molar-refractivity contribution < 1.29 is 23.9 Å². The van der Waals surface area contributed by atoms with Gasteiger partial charge in [0.15, 0.2) is 0 Å². The second-order valence-corrected chi connectivity index (χ2v) is 7.32. The lowest BCUT2D eigenvalue weighted by molar-refractivity contribution is -0.143. The van der Waals surface area contributed by atoms with Gasteiger partial charge in [0.1, 0.15) is 0 Å². The van der Waals surface area contributed by atoms with Crippen LogP contribution in [0.25, 0.3) is 0 Å². The summed E-state index contributed by atoms with van der Waals surface area (Å²) in [7, 11) is -4.25. The van der Waals surface area contributed by atoms with E-state index in [0.717, 1.165) is 25.7 Å². The van der Waals surface area contributed by atoms with Crippen molar-refractivity contribution >= 4 is 13.6 Å². The molecule has 0 radical (unpaired) electrons. The van der Waals surface area contributed by atoms with Gasteiger partial charge in [-0.2, -0.15) is 0 Å². The lowest BCUT2D eigenvalue weighted by Crippen LogP contribution is -2.30. The summed E-state index contributed by atoms with van der Waals surface area (Å²) in [5.41, 5.74) is 0. The van der Waals surface area contributed by atoms with Crippen molar-refractivity contribution in [1.82, 2.24) is 0 Å². The van der Waals surface area contributed by atoms with Gasteiger partial charge in [-0.3, -0.25) is 9.36 Å². The van der Waals surface area contributed by atoms with Crippen LogP contribution < -0.4 is 0 Å². The van der Waals surface area contributed by atoms with E-state index in [2.05, 4.69) is 0 Å². The molecule has 20 heavy (non-hydrogen) atoms. The van der Waals surface area contributed by atoms with Crippen LogP contribution in [0.2, 0.25) is 0 Å². The summed E-state index contributed by atoms with van der Waals surface area (Å²) in [5, 5.41) is -1.06. The van der Waals surface area contributed by atoms with Gasteiger partial charge in [0.05, 0.1) is 11.8 Å². The van der Waals surface area contributed by atoms with Gasteiger partial charge in [0.25, 0.3) is 0 Å². The van der Waals surface area contributed by atoms with E-state index in [1.54, 1.807) is 6.92 Å². The lowest BCUT2D eigenvalue weighted by Gasteiger charge is -2.34. The molecule has 0 fully saturated rings. The van der Waals surface area contributed by atoms with Crippen LogP contribution in [0.5, 0.6) is 0 Å². The molecule has 0 spiro atoms. The van der Waals surface area contributed by atoms with Crippen molar-refractivity contribution in [2.45, 2.75) is 77.3 Å². The predicted octanol–water partition coefficient (Wildman–Crippen LogP) is 3.63. The van der Waals surface area contributed by atoms with Crippen LogP contribution in [0.3, 0.4) is 0 Å². The highest BCUT2D eigenvalue weighted by Crippen LogP contribution is 2.58. The molecule has 5 nitrogen and oxygen atoms in total. The molecule has 0 rings (SSSR count). The number of rotatable bonds is 11. The van der Waals surface area contributed by atoms with Gasteiger partial charge in [-0.05, 0) is 26.2 Å². The number of ether oxygens (including phenoxy) is 1. The zero-order valence-corrected chi connectivity index (χ0v) is 13.8. The molecular formula is C14H29O5P. The Morgan fingerprint density at radius 2 is 1.55 bits per heavy atom. The third-order valence-corrected chi connectivity index (χ3v) is 5.62. The second-order valence-electron chi connectivity index (χ2n) is 5.28. The molecular weight excluding hydrogens is 279 g/mol. The van der Waals surface area contributed by atoms with E-state index < -0.39 is 12.8 Å². The fourth-order valence-electron chi connectivity index (χ4n) is 2.39. The van der Waals surface area contributed by atoms with E-state index >= 15 is 0 Å². The molecule has 0 unspecified atom stereocenters. The number of esters is 1. The lowest BCUT2D eigenvalue weighted by atomic mass is 9.90. The molecule has 0 aromatic carbocycles. The molecule has 0 aliphatic carbocycles. The molecule has 0 amide bonds.